The number of oxime groups is 1. The molecule has 3 aromatic heterocycles. The minimum absolute atomic E-state index is 0.0177. The van der Waals surface area contributed by atoms with Gasteiger partial charge in [0.2, 0.25) is 11.7 Å². The number of amides is 2. The van der Waals surface area contributed by atoms with E-state index in [2.05, 4.69) is 57.3 Å². The Morgan fingerprint density at radius 3 is 2.20 bits per heavy atom. The number of nitrogen functional groups attached to an aromatic ring is 1. The average molecular weight is 907 g/mol. The second kappa shape index (κ2) is 17.9. The van der Waals surface area contributed by atoms with Crippen molar-refractivity contribution in [2.75, 3.05) is 25.3 Å². The van der Waals surface area contributed by atoms with E-state index < -0.39 is 27.7 Å². The molecule has 328 valence electrons. The van der Waals surface area contributed by atoms with Gasteiger partial charge >= 0.3 is 11.6 Å². The summed E-state index contributed by atoms with van der Waals surface area (Å²) in [5.74, 6) is -0.639. The van der Waals surface area contributed by atoms with Gasteiger partial charge in [0.25, 0.3) is 5.91 Å². The summed E-state index contributed by atoms with van der Waals surface area (Å²) < 4.78 is 14.8. The lowest BCUT2D eigenvalue weighted by Gasteiger charge is -2.51. The summed E-state index contributed by atoms with van der Waals surface area (Å²) in [7, 11) is 2.91. The number of hydrogen-bond acceptors (Lipinski definition) is 13. The minimum Gasteiger partial charge on any atom is -0.497 e. The van der Waals surface area contributed by atoms with Crippen LogP contribution >= 0.6 is 23.1 Å². The first-order chi connectivity index (χ1) is 31.6. The zero-order chi connectivity index (χ0) is 45.1. The van der Waals surface area contributed by atoms with Crippen molar-refractivity contribution in [2.24, 2.45) is 5.16 Å². The summed E-state index contributed by atoms with van der Waals surface area (Å²) in [4.78, 5) is 52.8. The third-order valence-electron chi connectivity index (χ3n) is 11.4. The van der Waals surface area contributed by atoms with E-state index in [1.807, 2.05) is 77.5 Å². The number of nitrogens with one attached hydrogen (secondary N) is 2. The number of hydrogen-bond donors (Lipinski definition) is 3. The van der Waals surface area contributed by atoms with Gasteiger partial charge in [0.1, 0.15) is 43.5 Å². The Morgan fingerprint density at radius 1 is 0.954 bits per heavy atom. The molecule has 2 aliphatic heterocycles. The van der Waals surface area contributed by atoms with Gasteiger partial charge in [-0.15, -0.1) is 11.3 Å². The number of thioether (sulfide) groups is 1. The number of nitrogens with zero attached hydrogens (tertiary/aromatic N) is 6. The minimum atomic E-state index is -1.60. The van der Waals surface area contributed by atoms with Gasteiger partial charge in [-0.25, -0.2) is 14.3 Å². The van der Waals surface area contributed by atoms with Gasteiger partial charge in [-0.2, -0.15) is 0 Å². The largest absolute Gasteiger partial charge is 0.497 e. The predicted octanol–water partition coefficient (Wildman–Crippen LogP) is 6.29. The number of carbonyl (C=O) groups is 3. The van der Waals surface area contributed by atoms with E-state index in [0.29, 0.717) is 44.9 Å². The maximum Gasteiger partial charge on any atom is 0.355 e. The summed E-state index contributed by atoms with van der Waals surface area (Å²) in [6.45, 7) is 1.70. The van der Waals surface area contributed by atoms with E-state index in [4.69, 9.17) is 25.0 Å². The average Bonchev–Trinajstić information content (AvgIpc) is 3.99. The maximum absolute atomic E-state index is 14.8. The number of β-lactam (4-membered cyclic amide) rings is 1. The van der Waals surface area contributed by atoms with Gasteiger partial charge in [-0.3, -0.25) is 14.5 Å². The zero-order valence-electron chi connectivity index (χ0n) is 35.6. The molecule has 1 fully saturated rings. The van der Waals surface area contributed by atoms with Crippen LogP contribution in [0, 0.1) is 6.92 Å². The first-order valence-electron chi connectivity index (χ1n) is 20.6. The molecule has 2 atom stereocenters. The highest BCUT2D eigenvalue weighted by Crippen LogP contribution is 2.55. The second-order valence-corrected chi connectivity index (χ2v) is 17.6. The van der Waals surface area contributed by atoms with Crippen LogP contribution in [-0.4, -0.2) is 63.1 Å². The van der Waals surface area contributed by atoms with Crippen LogP contribution in [0.25, 0.3) is 5.65 Å². The van der Waals surface area contributed by atoms with E-state index in [9.17, 15) is 14.4 Å². The summed E-state index contributed by atoms with van der Waals surface area (Å²) >= 11 is 2.64. The highest BCUT2D eigenvalue weighted by atomic mass is 32.2. The number of benzene rings is 4. The van der Waals surface area contributed by atoms with E-state index in [1.165, 1.54) is 35.1 Å². The molecule has 0 aliphatic carbocycles. The van der Waals surface area contributed by atoms with E-state index in [-0.39, 0.29) is 31.2 Å². The number of thiazole rings is 1. The number of methoxy groups -OCH3 is 1. The van der Waals surface area contributed by atoms with Crippen molar-refractivity contribution in [3.8, 4) is 5.75 Å². The quantitative estimate of drug-likeness (QED) is 0.0263. The SMILES string of the molecule is CON=CC(=O)NC1(c2csc(NC(c3ccccc3)(c3ccccc3)c3ccccc3)n2)S[C@H]2CC(=O)N2C(C(=O)OCc2ccc(OC)cc2)=C1C[n+]1ccc(N)n2nc(C)cc21. The van der Waals surface area contributed by atoms with Gasteiger partial charge in [0.15, 0.2) is 10.0 Å². The Kier molecular flexibility index (Phi) is 11.8. The Labute approximate surface area is 382 Å². The molecule has 15 nitrogen and oxygen atoms in total. The van der Waals surface area contributed by atoms with E-state index in [0.717, 1.165) is 22.9 Å². The van der Waals surface area contributed by atoms with Crippen LogP contribution in [-0.2, 0) is 47.5 Å². The molecule has 4 aromatic carbocycles. The fourth-order valence-corrected chi connectivity index (χ4v) is 10.8. The van der Waals surface area contributed by atoms with Gasteiger partial charge in [0.05, 0.1) is 42.6 Å². The summed E-state index contributed by atoms with van der Waals surface area (Å²) in [6, 6.07) is 41.1. The molecule has 2 amide bonds. The van der Waals surface area contributed by atoms with E-state index in [1.54, 1.807) is 48.2 Å². The Bertz CT molecular complexity index is 2850. The molecule has 4 N–H and O–H groups in total. The van der Waals surface area contributed by atoms with Crippen LogP contribution < -0.4 is 25.7 Å². The number of esters is 1. The molecule has 7 aromatic rings. The Hall–Kier alpha value is -7.50. The normalized spacial score (nSPS) is 17.1. The highest BCUT2D eigenvalue weighted by molar-refractivity contribution is 8.01. The standard InChI is InChI=1S/C48H43N9O6S2/c1-31-25-41-55(24-23-39(49)57(41)54-31)28-37-44(45(60)63-29-32-19-21-36(61-2)22-20-32)56-42(59)26-43(56)65-48(37,52-40(58)27-50-62-3)38-30-64-46(51-38)53-47(33-13-7-4-8-14-33,34-15-9-5-10-16-34)35-17-11-6-12-18-35/h4-25,27,30,43,49H,26,28-29H2,1-3H3,(H2,51,52,53,58)/p+1/t43-,48?/m0/s1. The van der Waals surface area contributed by atoms with Gasteiger partial charge in [-0.1, -0.05) is 130 Å². The number of aryl methyl sites for hydroxylation is 1. The fourth-order valence-electron chi connectivity index (χ4n) is 8.31. The molecular formula is C48H44N9O6S2+. The van der Waals surface area contributed by atoms with E-state index >= 15 is 0 Å². The number of nitrogens with two attached hydrogens (primary N) is 1. The molecule has 0 spiro atoms. The van der Waals surface area contributed by atoms with Gasteiger partial charge in [0, 0.05) is 17.0 Å². The molecule has 65 heavy (non-hydrogen) atoms. The smallest absolute Gasteiger partial charge is 0.355 e. The zero-order valence-corrected chi connectivity index (χ0v) is 37.2. The first-order valence-corrected chi connectivity index (χ1v) is 22.4. The van der Waals surface area contributed by atoms with Crippen LogP contribution in [0.15, 0.2) is 155 Å². The third-order valence-corrected chi connectivity index (χ3v) is 13.7. The van der Waals surface area contributed by atoms with Crippen LogP contribution in [0.1, 0.15) is 40.1 Å². The maximum atomic E-state index is 14.8. The lowest BCUT2D eigenvalue weighted by molar-refractivity contribution is -0.667. The molecule has 9 rings (SSSR count). The molecule has 0 radical (unpaired) electrons. The lowest BCUT2D eigenvalue weighted by atomic mass is 9.77. The summed E-state index contributed by atoms with van der Waals surface area (Å²) in [5.41, 5.74) is 11.1. The topological polar surface area (TPSA) is 179 Å². The summed E-state index contributed by atoms with van der Waals surface area (Å²) in [6.07, 6.45) is 2.88. The Morgan fingerprint density at radius 2 is 1.60 bits per heavy atom. The van der Waals surface area contributed by atoms with Crippen molar-refractivity contribution < 1.29 is 33.3 Å². The Balaban J connectivity index is 1.24. The van der Waals surface area contributed by atoms with Crippen molar-refractivity contribution in [3.63, 3.8) is 0 Å². The molecule has 17 heteroatoms. The molecule has 1 saturated heterocycles. The first kappa shape index (κ1) is 42.8. The van der Waals surface area contributed by atoms with Crippen LogP contribution in [0.4, 0.5) is 10.9 Å². The number of ether oxygens (including phenoxy) is 2. The molecule has 1 unspecified atom stereocenters. The molecular weight excluding hydrogens is 863 g/mol. The second-order valence-electron chi connectivity index (χ2n) is 15.3. The van der Waals surface area contributed by atoms with Crippen LogP contribution in [0.5, 0.6) is 5.75 Å². The van der Waals surface area contributed by atoms with Crippen molar-refractivity contribution in [3.05, 3.63) is 184 Å². The van der Waals surface area contributed by atoms with Gasteiger partial charge < -0.3 is 30.7 Å². The lowest BCUT2D eigenvalue weighted by Crippen LogP contribution is -2.62. The van der Waals surface area contributed by atoms with Crippen molar-refractivity contribution in [2.45, 2.75) is 42.3 Å². The highest BCUT2D eigenvalue weighted by Gasteiger charge is 2.58. The van der Waals surface area contributed by atoms with Crippen LogP contribution in [0.2, 0.25) is 0 Å². The third kappa shape index (κ3) is 8.04. The number of rotatable bonds is 15. The van der Waals surface area contributed by atoms with Crippen molar-refractivity contribution >= 4 is 63.7 Å². The predicted molar refractivity (Wildman–Crippen MR) is 247 cm³/mol. The number of fused-ring (bicyclic) bond motifs is 2. The number of anilines is 2. The molecule has 2 aliphatic rings. The molecule has 0 saturated carbocycles. The van der Waals surface area contributed by atoms with Crippen LogP contribution in [0.3, 0.4) is 0 Å². The molecule has 0 bridgehead atoms. The van der Waals surface area contributed by atoms with Crippen molar-refractivity contribution in [1.29, 1.82) is 0 Å². The van der Waals surface area contributed by atoms with Gasteiger partial charge in [-0.05, 0) is 41.3 Å². The monoisotopic (exact) mass is 906 g/mol. The summed E-state index contributed by atoms with van der Waals surface area (Å²) in [5, 5.41) is 17.2. The number of carbonyl (C=O) groups excluding carboxylic acids is 3. The van der Waals surface area contributed by atoms with Crippen molar-refractivity contribution in [1.82, 2.24) is 24.8 Å². The fraction of sp³-hybridized carbons (Fsp3) is 0.188. The number of aromatic nitrogens is 4. The molecule has 5 heterocycles.